The second-order valence-corrected chi connectivity index (χ2v) is 3.52. The molecule has 0 fully saturated rings. The fourth-order valence-corrected chi connectivity index (χ4v) is 1.26. The number of hydrogen-bond donors (Lipinski definition) is 2. The van der Waals surface area contributed by atoms with Crippen LogP contribution in [0, 0.1) is 6.92 Å². The summed E-state index contributed by atoms with van der Waals surface area (Å²) in [6.07, 6.45) is 0. The maximum absolute atomic E-state index is 11.6. The molecule has 0 saturated carbocycles. The van der Waals surface area contributed by atoms with Crippen LogP contribution in [0.15, 0.2) is 18.2 Å². The Hall–Kier alpha value is -1.55. The third-order valence-electron chi connectivity index (χ3n) is 2.28. The van der Waals surface area contributed by atoms with Gasteiger partial charge in [-0.3, -0.25) is 4.79 Å². The molecule has 88 valence electrons. The SMILES string of the molecule is CCOCCNC(=O)c1ccc(C)c(N)c1. The molecule has 0 aliphatic rings. The van der Waals surface area contributed by atoms with E-state index in [0.717, 1.165) is 5.56 Å². The molecule has 0 atom stereocenters. The number of amides is 1. The van der Waals surface area contributed by atoms with Crippen molar-refractivity contribution in [1.29, 1.82) is 0 Å². The van der Waals surface area contributed by atoms with E-state index in [-0.39, 0.29) is 5.91 Å². The molecule has 1 aromatic carbocycles. The molecule has 0 aliphatic heterocycles. The largest absolute Gasteiger partial charge is 0.398 e. The summed E-state index contributed by atoms with van der Waals surface area (Å²) in [7, 11) is 0. The van der Waals surface area contributed by atoms with Crippen molar-refractivity contribution in [3.63, 3.8) is 0 Å². The minimum absolute atomic E-state index is 0.119. The van der Waals surface area contributed by atoms with E-state index in [1.165, 1.54) is 0 Å². The summed E-state index contributed by atoms with van der Waals surface area (Å²) in [6, 6.07) is 5.29. The summed E-state index contributed by atoms with van der Waals surface area (Å²) in [6.45, 7) is 5.53. The number of ether oxygens (including phenoxy) is 1. The van der Waals surface area contributed by atoms with Crippen molar-refractivity contribution in [1.82, 2.24) is 5.32 Å². The fraction of sp³-hybridized carbons (Fsp3) is 0.417. The minimum Gasteiger partial charge on any atom is -0.398 e. The van der Waals surface area contributed by atoms with Crippen LogP contribution >= 0.6 is 0 Å². The first-order valence-electron chi connectivity index (χ1n) is 5.37. The van der Waals surface area contributed by atoms with Crippen LogP contribution in [0.1, 0.15) is 22.8 Å². The van der Waals surface area contributed by atoms with Gasteiger partial charge < -0.3 is 15.8 Å². The van der Waals surface area contributed by atoms with Crippen molar-refractivity contribution < 1.29 is 9.53 Å². The van der Waals surface area contributed by atoms with Gasteiger partial charge in [0.25, 0.3) is 5.91 Å². The summed E-state index contributed by atoms with van der Waals surface area (Å²) in [5.74, 6) is -0.119. The zero-order chi connectivity index (χ0) is 12.0. The van der Waals surface area contributed by atoms with Crippen LogP contribution < -0.4 is 11.1 Å². The van der Waals surface area contributed by atoms with Crippen LogP contribution in [-0.2, 0) is 4.74 Å². The van der Waals surface area contributed by atoms with Gasteiger partial charge in [-0.15, -0.1) is 0 Å². The highest BCUT2D eigenvalue weighted by Crippen LogP contribution is 2.12. The topological polar surface area (TPSA) is 64.3 Å². The fourth-order valence-electron chi connectivity index (χ4n) is 1.26. The second-order valence-electron chi connectivity index (χ2n) is 3.52. The van der Waals surface area contributed by atoms with Gasteiger partial charge in [-0.25, -0.2) is 0 Å². The number of benzene rings is 1. The summed E-state index contributed by atoms with van der Waals surface area (Å²) >= 11 is 0. The predicted octanol–water partition coefficient (Wildman–Crippen LogP) is 1.34. The van der Waals surface area contributed by atoms with Gasteiger partial charge in [0.2, 0.25) is 0 Å². The van der Waals surface area contributed by atoms with Crippen LogP contribution in [0.4, 0.5) is 5.69 Å². The Morgan fingerprint density at radius 2 is 2.25 bits per heavy atom. The number of anilines is 1. The maximum atomic E-state index is 11.6. The first-order chi connectivity index (χ1) is 7.65. The molecule has 16 heavy (non-hydrogen) atoms. The Morgan fingerprint density at radius 1 is 1.50 bits per heavy atom. The van der Waals surface area contributed by atoms with Crippen molar-refractivity contribution >= 4 is 11.6 Å². The number of rotatable bonds is 5. The van der Waals surface area contributed by atoms with Crippen LogP contribution in [0.3, 0.4) is 0 Å². The maximum Gasteiger partial charge on any atom is 0.251 e. The molecule has 1 aromatic rings. The first-order valence-corrected chi connectivity index (χ1v) is 5.37. The van der Waals surface area contributed by atoms with Crippen LogP contribution in [0.2, 0.25) is 0 Å². The smallest absolute Gasteiger partial charge is 0.251 e. The second kappa shape index (κ2) is 6.12. The number of nitrogens with one attached hydrogen (secondary N) is 1. The minimum atomic E-state index is -0.119. The highest BCUT2D eigenvalue weighted by Gasteiger charge is 2.05. The monoisotopic (exact) mass is 222 g/mol. The number of carbonyl (C=O) groups is 1. The number of hydrogen-bond acceptors (Lipinski definition) is 3. The Bertz CT molecular complexity index is 364. The summed E-state index contributed by atoms with van der Waals surface area (Å²) in [4.78, 5) is 11.6. The molecule has 0 radical (unpaired) electrons. The van der Waals surface area contributed by atoms with E-state index in [1.54, 1.807) is 12.1 Å². The molecule has 4 nitrogen and oxygen atoms in total. The van der Waals surface area contributed by atoms with Crippen LogP contribution in [0.25, 0.3) is 0 Å². The first kappa shape index (κ1) is 12.5. The molecule has 3 N–H and O–H groups in total. The molecule has 0 heterocycles. The average molecular weight is 222 g/mol. The van der Waals surface area contributed by atoms with Gasteiger partial charge >= 0.3 is 0 Å². The highest BCUT2D eigenvalue weighted by atomic mass is 16.5. The Balaban J connectivity index is 2.50. The molecule has 0 unspecified atom stereocenters. The molecule has 0 aromatic heterocycles. The summed E-state index contributed by atoms with van der Waals surface area (Å²) in [5.41, 5.74) is 7.93. The van der Waals surface area contributed by atoms with E-state index in [1.807, 2.05) is 19.9 Å². The lowest BCUT2D eigenvalue weighted by Crippen LogP contribution is -2.27. The van der Waals surface area contributed by atoms with Crippen LogP contribution in [0.5, 0.6) is 0 Å². The predicted molar refractivity (Wildman–Crippen MR) is 64.4 cm³/mol. The van der Waals surface area contributed by atoms with Crippen molar-refractivity contribution in [2.75, 3.05) is 25.5 Å². The van der Waals surface area contributed by atoms with Gasteiger partial charge in [0, 0.05) is 24.4 Å². The summed E-state index contributed by atoms with van der Waals surface area (Å²) in [5, 5.41) is 2.76. The van der Waals surface area contributed by atoms with E-state index in [4.69, 9.17) is 10.5 Å². The van der Waals surface area contributed by atoms with Gasteiger partial charge in [0.15, 0.2) is 0 Å². The number of nitrogen functional groups attached to an aromatic ring is 1. The number of aryl methyl sites for hydroxylation is 1. The highest BCUT2D eigenvalue weighted by molar-refractivity contribution is 5.95. The average Bonchev–Trinajstić information content (AvgIpc) is 2.28. The zero-order valence-electron chi connectivity index (χ0n) is 9.75. The molecule has 0 bridgehead atoms. The Labute approximate surface area is 95.8 Å². The third kappa shape index (κ3) is 3.55. The van der Waals surface area contributed by atoms with Crippen molar-refractivity contribution in [2.45, 2.75) is 13.8 Å². The molecule has 4 heteroatoms. The van der Waals surface area contributed by atoms with E-state index >= 15 is 0 Å². The third-order valence-corrected chi connectivity index (χ3v) is 2.28. The van der Waals surface area contributed by atoms with Gasteiger partial charge in [0.1, 0.15) is 0 Å². The van der Waals surface area contributed by atoms with Gasteiger partial charge in [-0.2, -0.15) is 0 Å². The van der Waals surface area contributed by atoms with E-state index < -0.39 is 0 Å². The van der Waals surface area contributed by atoms with Gasteiger partial charge in [0.05, 0.1) is 6.61 Å². The number of carbonyl (C=O) groups excluding carboxylic acids is 1. The Morgan fingerprint density at radius 3 is 2.88 bits per heavy atom. The summed E-state index contributed by atoms with van der Waals surface area (Å²) < 4.78 is 5.12. The molecule has 1 amide bonds. The molecule has 0 spiro atoms. The Kier molecular flexibility index (Phi) is 4.79. The van der Waals surface area contributed by atoms with E-state index in [9.17, 15) is 4.79 Å². The van der Waals surface area contributed by atoms with E-state index in [2.05, 4.69) is 5.32 Å². The van der Waals surface area contributed by atoms with Gasteiger partial charge in [-0.1, -0.05) is 6.07 Å². The quantitative estimate of drug-likeness (QED) is 0.583. The molecule has 0 saturated heterocycles. The van der Waals surface area contributed by atoms with Crippen molar-refractivity contribution in [3.05, 3.63) is 29.3 Å². The van der Waals surface area contributed by atoms with Crippen LogP contribution in [-0.4, -0.2) is 25.7 Å². The molecular weight excluding hydrogens is 204 g/mol. The lowest BCUT2D eigenvalue weighted by Gasteiger charge is -2.07. The van der Waals surface area contributed by atoms with E-state index in [0.29, 0.717) is 31.0 Å². The number of nitrogens with two attached hydrogens (primary N) is 1. The lowest BCUT2D eigenvalue weighted by atomic mass is 10.1. The van der Waals surface area contributed by atoms with Gasteiger partial charge in [-0.05, 0) is 31.5 Å². The van der Waals surface area contributed by atoms with Crippen molar-refractivity contribution in [3.8, 4) is 0 Å². The standard InChI is InChI=1S/C12H18N2O2/c1-3-16-7-6-14-12(15)10-5-4-9(2)11(13)8-10/h4-5,8H,3,6-7,13H2,1-2H3,(H,14,15). The molecule has 0 aliphatic carbocycles. The lowest BCUT2D eigenvalue weighted by molar-refractivity contribution is 0.0922. The van der Waals surface area contributed by atoms with Crippen molar-refractivity contribution in [2.24, 2.45) is 0 Å². The molecule has 1 rings (SSSR count). The normalized spacial score (nSPS) is 10.1. The molecular formula is C12H18N2O2. The zero-order valence-corrected chi connectivity index (χ0v) is 9.75.